The molecule has 1 aromatic carbocycles. The van der Waals surface area contributed by atoms with Crippen molar-refractivity contribution in [3.8, 4) is 0 Å². The number of anilines is 1. The van der Waals surface area contributed by atoms with Gasteiger partial charge in [0.25, 0.3) is 5.91 Å². The first kappa shape index (κ1) is 16.5. The van der Waals surface area contributed by atoms with Crippen LogP contribution >= 0.6 is 11.8 Å². The average molecular weight is 342 g/mol. The van der Waals surface area contributed by atoms with Gasteiger partial charge < -0.3 is 10.1 Å². The van der Waals surface area contributed by atoms with Gasteiger partial charge in [0.05, 0.1) is 22.5 Å². The summed E-state index contributed by atoms with van der Waals surface area (Å²) in [6.07, 6.45) is 1.95. The van der Waals surface area contributed by atoms with Crippen LogP contribution in [0.2, 0.25) is 0 Å². The number of carbonyl (C=O) groups excluding carboxylic acids is 2. The molecule has 2 heterocycles. The first-order chi connectivity index (χ1) is 11.5. The molecule has 2 aromatic rings. The fourth-order valence-electron chi connectivity index (χ4n) is 2.61. The second kappa shape index (κ2) is 6.65. The number of carbonyl (C=O) groups is 2. The highest BCUT2D eigenvalue weighted by Gasteiger charge is 2.42. The molecule has 0 spiro atoms. The number of pyridine rings is 1. The fourth-order valence-corrected chi connectivity index (χ4v) is 3.20. The van der Waals surface area contributed by atoms with Crippen LogP contribution in [0.3, 0.4) is 0 Å². The Labute approximate surface area is 144 Å². The van der Waals surface area contributed by atoms with Crippen LogP contribution in [0.25, 0.3) is 0 Å². The highest BCUT2D eigenvalue weighted by Crippen LogP contribution is 2.29. The predicted molar refractivity (Wildman–Crippen MR) is 93.2 cm³/mol. The van der Waals surface area contributed by atoms with E-state index in [-0.39, 0.29) is 5.91 Å². The number of thioether (sulfide) groups is 1. The summed E-state index contributed by atoms with van der Waals surface area (Å²) in [5.41, 5.74) is 0.684. The number of hydrogen-bond acceptors (Lipinski definition) is 5. The molecule has 1 aliphatic heterocycles. The number of fused-ring (bicyclic) bond motifs is 1. The quantitative estimate of drug-likeness (QED) is 0.682. The lowest BCUT2D eigenvalue weighted by Crippen LogP contribution is -2.48. The highest BCUT2D eigenvalue weighted by molar-refractivity contribution is 7.99. The van der Waals surface area contributed by atoms with Crippen LogP contribution in [0.15, 0.2) is 47.6 Å². The maximum absolute atomic E-state index is 12.6. The summed E-state index contributed by atoms with van der Waals surface area (Å²) < 4.78 is 5.42. The van der Waals surface area contributed by atoms with Gasteiger partial charge in [0.15, 0.2) is 5.60 Å². The third-order valence-corrected chi connectivity index (χ3v) is 4.68. The molecular formula is C18H18N2O3S. The molecule has 1 aliphatic rings. The number of aromatic nitrogens is 1. The van der Waals surface area contributed by atoms with Gasteiger partial charge in [-0.15, -0.1) is 11.8 Å². The SMILES string of the molecule is CCSc1ccc(NC(=O)C2(C)Cc3ccccc3C(=O)O2)cn1. The van der Waals surface area contributed by atoms with Gasteiger partial charge in [0.2, 0.25) is 0 Å². The Morgan fingerprint density at radius 2 is 2.12 bits per heavy atom. The number of cyclic esters (lactones) is 1. The van der Waals surface area contributed by atoms with Crippen molar-refractivity contribution in [3.05, 3.63) is 53.7 Å². The molecular weight excluding hydrogens is 324 g/mol. The van der Waals surface area contributed by atoms with Gasteiger partial charge >= 0.3 is 5.97 Å². The lowest BCUT2D eigenvalue weighted by molar-refractivity contribution is -0.134. The molecule has 3 rings (SSSR count). The van der Waals surface area contributed by atoms with E-state index in [1.165, 1.54) is 0 Å². The summed E-state index contributed by atoms with van der Waals surface area (Å²) in [4.78, 5) is 29.1. The summed E-state index contributed by atoms with van der Waals surface area (Å²) >= 11 is 1.63. The normalized spacial score (nSPS) is 19.3. The lowest BCUT2D eigenvalue weighted by atomic mass is 9.89. The topological polar surface area (TPSA) is 68.3 Å². The van der Waals surface area contributed by atoms with Gasteiger partial charge in [-0.3, -0.25) is 4.79 Å². The molecule has 0 saturated heterocycles. The third kappa shape index (κ3) is 3.28. The highest BCUT2D eigenvalue weighted by atomic mass is 32.2. The van der Waals surface area contributed by atoms with Crippen molar-refractivity contribution < 1.29 is 14.3 Å². The second-order valence-corrected chi connectivity index (χ2v) is 7.01. The van der Waals surface area contributed by atoms with Crippen molar-refractivity contribution in [2.75, 3.05) is 11.1 Å². The molecule has 24 heavy (non-hydrogen) atoms. The molecule has 1 aromatic heterocycles. The number of hydrogen-bond donors (Lipinski definition) is 1. The summed E-state index contributed by atoms with van der Waals surface area (Å²) in [5.74, 6) is 0.108. The van der Waals surface area contributed by atoms with E-state index in [0.717, 1.165) is 16.3 Å². The minimum Gasteiger partial charge on any atom is -0.445 e. The van der Waals surface area contributed by atoms with Crippen molar-refractivity contribution in [3.63, 3.8) is 0 Å². The van der Waals surface area contributed by atoms with Crippen LogP contribution in [-0.4, -0.2) is 28.2 Å². The number of nitrogens with one attached hydrogen (secondary N) is 1. The van der Waals surface area contributed by atoms with Gasteiger partial charge in [-0.2, -0.15) is 0 Å². The molecule has 5 nitrogen and oxygen atoms in total. The Morgan fingerprint density at radius 1 is 1.33 bits per heavy atom. The number of nitrogens with zero attached hydrogens (tertiary/aromatic N) is 1. The maximum atomic E-state index is 12.6. The number of benzene rings is 1. The van der Waals surface area contributed by atoms with Gasteiger partial charge in [0, 0.05) is 6.42 Å². The molecule has 0 bridgehead atoms. The van der Waals surface area contributed by atoms with Crippen molar-refractivity contribution in [1.29, 1.82) is 0 Å². The second-order valence-electron chi connectivity index (χ2n) is 5.73. The van der Waals surface area contributed by atoms with Crippen molar-refractivity contribution in [2.24, 2.45) is 0 Å². The van der Waals surface area contributed by atoms with Gasteiger partial charge in [-0.05, 0) is 36.4 Å². The van der Waals surface area contributed by atoms with Gasteiger partial charge in [-0.1, -0.05) is 25.1 Å². The van der Waals surface area contributed by atoms with Crippen LogP contribution in [0.4, 0.5) is 5.69 Å². The van der Waals surface area contributed by atoms with E-state index in [2.05, 4.69) is 17.2 Å². The Hall–Kier alpha value is -2.34. The molecule has 124 valence electrons. The number of rotatable bonds is 4. The Kier molecular flexibility index (Phi) is 4.57. The van der Waals surface area contributed by atoms with Crippen LogP contribution in [0.1, 0.15) is 29.8 Å². The zero-order valence-electron chi connectivity index (χ0n) is 13.5. The molecule has 0 saturated carbocycles. The van der Waals surface area contributed by atoms with Crippen LogP contribution in [0, 0.1) is 0 Å². The molecule has 6 heteroatoms. The third-order valence-electron chi connectivity index (χ3n) is 3.85. The van der Waals surface area contributed by atoms with Crippen molar-refractivity contribution in [1.82, 2.24) is 4.98 Å². The summed E-state index contributed by atoms with van der Waals surface area (Å²) in [6, 6.07) is 10.8. The van der Waals surface area contributed by atoms with E-state index >= 15 is 0 Å². The van der Waals surface area contributed by atoms with Gasteiger partial charge in [0.1, 0.15) is 0 Å². The fraction of sp³-hybridized carbons (Fsp3) is 0.278. The Bertz CT molecular complexity index is 776. The largest absolute Gasteiger partial charge is 0.445 e. The number of amides is 1. The minimum atomic E-state index is -1.23. The molecule has 0 fully saturated rings. The Balaban J connectivity index is 1.76. The van der Waals surface area contributed by atoms with E-state index in [9.17, 15) is 9.59 Å². The van der Waals surface area contributed by atoms with E-state index in [4.69, 9.17) is 4.74 Å². The zero-order chi connectivity index (χ0) is 17.2. The monoisotopic (exact) mass is 342 g/mol. The van der Waals surface area contributed by atoms with Crippen molar-refractivity contribution >= 4 is 29.3 Å². The first-order valence-corrected chi connectivity index (χ1v) is 8.72. The van der Waals surface area contributed by atoms with E-state index in [1.807, 2.05) is 18.2 Å². The lowest BCUT2D eigenvalue weighted by Gasteiger charge is -2.32. The van der Waals surface area contributed by atoms with Gasteiger partial charge in [-0.25, -0.2) is 9.78 Å². The Morgan fingerprint density at radius 3 is 2.83 bits per heavy atom. The van der Waals surface area contributed by atoms with Crippen molar-refractivity contribution in [2.45, 2.75) is 30.9 Å². The molecule has 1 amide bonds. The van der Waals surface area contributed by atoms with Crippen LogP contribution in [0.5, 0.6) is 0 Å². The van der Waals surface area contributed by atoms with E-state index in [0.29, 0.717) is 17.7 Å². The molecule has 0 radical (unpaired) electrons. The first-order valence-electron chi connectivity index (χ1n) is 7.73. The predicted octanol–water partition coefficient (Wildman–Crippen LogP) is 3.30. The maximum Gasteiger partial charge on any atom is 0.339 e. The number of esters is 1. The summed E-state index contributed by atoms with van der Waals surface area (Å²) in [5, 5.41) is 3.69. The molecule has 0 aliphatic carbocycles. The summed E-state index contributed by atoms with van der Waals surface area (Å²) in [7, 11) is 0. The molecule has 1 unspecified atom stereocenters. The van der Waals surface area contributed by atoms with E-state index < -0.39 is 11.6 Å². The zero-order valence-corrected chi connectivity index (χ0v) is 14.4. The smallest absolute Gasteiger partial charge is 0.339 e. The average Bonchev–Trinajstić information content (AvgIpc) is 2.57. The molecule has 1 N–H and O–H groups in total. The summed E-state index contributed by atoms with van der Waals surface area (Å²) in [6.45, 7) is 3.68. The standard InChI is InChI=1S/C18H18N2O3S/c1-3-24-15-9-8-13(11-19-15)20-17(22)18(2)10-12-6-4-5-7-14(12)16(21)23-18/h4-9,11H,3,10H2,1-2H3,(H,20,22). The number of ether oxygens (including phenoxy) is 1. The van der Waals surface area contributed by atoms with Crippen LogP contribution in [-0.2, 0) is 16.0 Å². The van der Waals surface area contributed by atoms with Crippen LogP contribution < -0.4 is 5.32 Å². The minimum absolute atomic E-state index is 0.345. The van der Waals surface area contributed by atoms with E-state index in [1.54, 1.807) is 43.1 Å². The molecule has 1 atom stereocenters.